The number of hydrogen-bond donors (Lipinski definition) is 2. The van der Waals surface area contributed by atoms with Crippen LogP contribution in [0.5, 0.6) is 0 Å². The Hall–Kier alpha value is -2.67. The topological polar surface area (TPSA) is 79.3 Å². The quantitative estimate of drug-likeness (QED) is 0.784. The van der Waals surface area contributed by atoms with E-state index in [1.54, 1.807) is 10.9 Å². The summed E-state index contributed by atoms with van der Waals surface area (Å²) in [6.07, 6.45) is 5.80. The van der Waals surface area contributed by atoms with Gasteiger partial charge < -0.3 is 10.6 Å². The van der Waals surface area contributed by atoms with E-state index >= 15 is 0 Å². The lowest BCUT2D eigenvalue weighted by molar-refractivity contribution is -0.134. The van der Waals surface area contributed by atoms with Crippen molar-refractivity contribution in [1.82, 2.24) is 25.3 Å². The van der Waals surface area contributed by atoms with Crippen molar-refractivity contribution in [3.05, 3.63) is 53.9 Å². The van der Waals surface area contributed by atoms with Crippen molar-refractivity contribution in [2.75, 3.05) is 13.1 Å². The molecule has 7 heteroatoms. The van der Waals surface area contributed by atoms with Gasteiger partial charge in [-0.05, 0) is 37.4 Å². The number of nitrogens with zero attached hydrogens (tertiary/aromatic N) is 3. The van der Waals surface area contributed by atoms with Gasteiger partial charge in [0.25, 0.3) is 5.91 Å². The average Bonchev–Trinajstić information content (AvgIpc) is 3.20. The van der Waals surface area contributed by atoms with Gasteiger partial charge >= 0.3 is 6.03 Å². The summed E-state index contributed by atoms with van der Waals surface area (Å²) in [5, 5.41) is 10.6. The molecule has 27 heavy (non-hydrogen) atoms. The van der Waals surface area contributed by atoms with Crippen molar-refractivity contribution >= 4 is 11.9 Å². The first-order chi connectivity index (χ1) is 13.1. The van der Waals surface area contributed by atoms with Gasteiger partial charge in [0.2, 0.25) is 0 Å². The number of hydrogen-bond acceptors (Lipinski definition) is 4. The fraction of sp³-hybridized carbons (Fsp3) is 0.450. The first kappa shape index (κ1) is 17.7. The summed E-state index contributed by atoms with van der Waals surface area (Å²) in [6.45, 7) is 1.99. The van der Waals surface area contributed by atoms with E-state index < -0.39 is 5.54 Å². The monoisotopic (exact) mass is 367 g/mol. The van der Waals surface area contributed by atoms with Gasteiger partial charge in [0.1, 0.15) is 5.54 Å². The number of aromatic nitrogens is 2. The molecule has 142 valence electrons. The van der Waals surface area contributed by atoms with Crippen LogP contribution in [0.1, 0.15) is 24.0 Å². The second-order valence-corrected chi connectivity index (χ2v) is 7.50. The van der Waals surface area contributed by atoms with Crippen LogP contribution in [0.15, 0.2) is 42.7 Å². The van der Waals surface area contributed by atoms with E-state index in [0.717, 1.165) is 37.1 Å². The smallest absolute Gasteiger partial charge is 0.322 e. The fourth-order valence-electron chi connectivity index (χ4n) is 4.30. The van der Waals surface area contributed by atoms with E-state index in [1.807, 2.05) is 43.6 Å². The van der Waals surface area contributed by atoms with Crippen LogP contribution in [-0.4, -0.2) is 45.2 Å². The molecule has 1 aromatic heterocycles. The Balaban J connectivity index is 1.65. The van der Waals surface area contributed by atoms with Gasteiger partial charge in [-0.15, -0.1) is 0 Å². The van der Waals surface area contributed by atoms with Crippen molar-refractivity contribution in [3.8, 4) is 0 Å². The van der Waals surface area contributed by atoms with E-state index in [4.69, 9.17) is 0 Å². The lowest BCUT2D eigenvalue weighted by atomic mass is 9.74. The molecule has 2 N–H and O–H groups in total. The van der Waals surface area contributed by atoms with Crippen LogP contribution in [0, 0.1) is 5.92 Å². The highest BCUT2D eigenvalue weighted by Gasteiger charge is 2.55. The molecule has 0 aliphatic carbocycles. The van der Waals surface area contributed by atoms with Crippen LogP contribution < -0.4 is 10.6 Å². The molecule has 2 aliphatic heterocycles. The molecule has 1 unspecified atom stereocenters. The maximum atomic E-state index is 13.5. The summed E-state index contributed by atoms with van der Waals surface area (Å²) in [4.78, 5) is 27.7. The largest absolute Gasteiger partial charge is 0.325 e. The van der Waals surface area contributed by atoms with Crippen molar-refractivity contribution < 1.29 is 9.59 Å². The number of amides is 3. The highest BCUT2D eigenvalue weighted by atomic mass is 16.2. The lowest BCUT2D eigenvalue weighted by Gasteiger charge is -2.38. The highest BCUT2D eigenvalue weighted by molar-refractivity contribution is 6.07. The number of benzene rings is 1. The molecule has 2 saturated heterocycles. The molecule has 0 bridgehead atoms. The van der Waals surface area contributed by atoms with Crippen molar-refractivity contribution in [2.24, 2.45) is 13.0 Å². The van der Waals surface area contributed by atoms with Crippen molar-refractivity contribution in [2.45, 2.75) is 31.3 Å². The van der Waals surface area contributed by atoms with Gasteiger partial charge in [0.15, 0.2) is 0 Å². The zero-order chi connectivity index (χ0) is 18.9. The van der Waals surface area contributed by atoms with Crippen LogP contribution >= 0.6 is 0 Å². The number of carbonyl (C=O) groups excluding carboxylic acids is 2. The predicted molar refractivity (Wildman–Crippen MR) is 101 cm³/mol. The molecule has 2 aromatic rings. The van der Waals surface area contributed by atoms with Crippen LogP contribution in [0.25, 0.3) is 0 Å². The zero-order valence-electron chi connectivity index (χ0n) is 15.5. The third-order valence-electron chi connectivity index (χ3n) is 5.66. The highest BCUT2D eigenvalue weighted by Crippen LogP contribution is 2.35. The molecule has 0 spiro atoms. The van der Waals surface area contributed by atoms with Crippen LogP contribution in [0.4, 0.5) is 4.79 Å². The minimum absolute atomic E-state index is 0.118. The number of rotatable bonds is 5. The molecule has 0 saturated carbocycles. The molecule has 7 nitrogen and oxygen atoms in total. The van der Waals surface area contributed by atoms with Crippen molar-refractivity contribution in [1.29, 1.82) is 0 Å². The predicted octanol–water partition coefficient (Wildman–Crippen LogP) is 1.45. The van der Waals surface area contributed by atoms with Gasteiger partial charge in [-0.2, -0.15) is 5.10 Å². The third kappa shape index (κ3) is 3.35. The summed E-state index contributed by atoms with van der Waals surface area (Å²) in [5.74, 6) is 0.00131. The molecule has 1 aromatic carbocycles. The molecule has 1 atom stereocenters. The average molecular weight is 367 g/mol. The Kier molecular flexibility index (Phi) is 4.70. The maximum Gasteiger partial charge on any atom is 0.325 e. The van der Waals surface area contributed by atoms with Gasteiger partial charge in [-0.1, -0.05) is 30.3 Å². The Morgan fingerprint density at radius 2 is 1.89 bits per heavy atom. The van der Waals surface area contributed by atoms with Gasteiger partial charge in [-0.25, -0.2) is 4.79 Å². The Morgan fingerprint density at radius 3 is 2.56 bits per heavy atom. The van der Waals surface area contributed by atoms with Crippen LogP contribution in [0.3, 0.4) is 0 Å². The zero-order valence-corrected chi connectivity index (χ0v) is 15.5. The number of aryl methyl sites for hydroxylation is 1. The van der Waals surface area contributed by atoms with E-state index in [9.17, 15) is 9.59 Å². The molecular weight excluding hydrogens is 342 g/mol. The molecule has 4 rings (SSSR count). The van der Waals surface area contributed by atoms with Crippen molar-refractivity contribution in [3.63, 3.8) is 0 Å². The molecular formula is C20H25N5O2. The normalized spacial score (nSPS) is 23.7. The first-order valence-electron chi connectivity index (χ1n) is 9.45. The standard InChI is InChI=1S/C20H25N5O2/c1-24-13-16(12-22-24)14-25-18(26)20(23-19(25)27,17-7-9-21-10-8-17)11-15-5-3-2-4-6-15/h2-6,12-13,17,21H,7-11,14H2,1H3,(H,23,27). The summed E-state index contributed by atoms with van der Waals surface area (Å²) in [7, 11) is 1.82. The van der Waals surface area contributed by atoms with Crippen LogP contribution in [-0.2, 0) is 24.8 Å². The van der Waals surface area contributed by atoms with E-state index in [-0.39, 0.29) is 24.4 Å². The first-order valence-corrected chi connectivity index (χ1v) is 9.45. The summed E-state index contributed by atoms with van der Waals surface area (Å²) in [5.41, 5.74) is 1.04. The number of carbonyl (C=O) groups is 2. The van der Waals surface area contributed by atoms with E-state index in [2.05, 4.69) is 15.7 Å². The van der Waals surface area contributed by atoms with E-state index in [0.29, 0.717) is 6.42 Å². The van der Waals surface area contributed by atoms with Crippen LogP contribution in [0.2, 0.25) is 0 Å². The summed E-state index contributed by atoms with van der Waals surface area (Å²) < 4.78 is 1.68. The molecule has 3 amide bonds. The molecule has 2 fully saturated rings. The Morgan fingerprint density at radius 1 is 1.15 bits per heavy atom. The molecule has 2 aliphatic rings. The minimum Gasteiger partial charge on any atom is -0.322 e. The molecule has 3 heterocycles. The number of piperidine rings is 1. The SMILES string of the molecule is Cn1cc(CN2C(=O)NC(Cc3ccccc3)(C3CCNCC3)C2=O)cn1. The summed E-state index contributed by atoms with van der Waals surface area (Å²) >= 11 is 0. The number of imide groups is 1. The van der Waals surface area contributed by atoms with Gasteiger partial charge in [0.05, 0.1) is 12.7 Å². The Labute approximate surface area is 158 Å². The minimum atomic E-state index is -0.872. The van der Waals surface area contributed by atoms with Gasteiger partial charge in [-0.3, -0.25) is 14.4 Å². The fourth-order valence-corrected chi connectivity index (χ4v) is 4.30. The summed E-state index contributed by atoms with van der Waals surface area (Å²) in [6, 6.07) is 9.64. The second-order valence-electron chi connectivity index (χ2n) is 7.50. The second kappa shape index (κ2) is 7.15. The number of nitrogens with one attached hydrogen (secondary N) is 2. The Bertz CT molecular complexity index is 828. The maximum absolute atomic E-state index is 13.5. The van der Waals surface area contributed by atoms with Gasteiger partial charge in [0, 0.05) is 25.2 Å². The lowest BCUT2D eigenvalue weighted by Crippen LogP contribution is -2.57. The van der Waals surface area contributed by atoms with E-state index in [1.165, 1.54) is 4.90 Å². The molecule has 0 radical (unpaired) electrons. The number of urea groups is 1. The third-order valence-corrected chi connectivity index (χ3v) is 5.66.